The standard InChI is InChI=1S/C45H30N2O/c1-3-10-31(11-4-1)33-17-19-34(20-18-33)36-23-27-38(28-24-36)47(37-25-21-35(22-26-37)32-12-5-2-6-13-32)42-30-41-39-14-7-8-16-43(39)48-45(41)40-15-9-29-46-44(40)42/h1-30H. The van der Waals surface area contributed by atoms with Gasteiger partial charge in [0, 0.05) is 33.7 Å². The number of benzene rings is 7. The van der Waals surface area contributed by atoms with Gasteiger partial charge in [0.15, 0.2) is 0 Å². The van der Waals surface area contributed by atoms with Gasteiger partial charge in [-0.1, -0.05) is 127 Å². The lowest BCUT2D eigenvalue weighted by atomic mass is 10.00. The molecule has 0 saturated carbocycles. The lowest BCUT2D eigenvalue weighted by Crippen LogP contribution is -2.11. The highest BCUT2D eigenvalue weighted by Crippen LogP contribution is 2.44. The Bertz CT molecular complexity index is 2520. The third kappa shape index (κ3) is 4.90. The number of hydrogen-bond acceptors (Lipinski definition) is 3. The highest BCUT2D eigenvalue weighted by molar-refractivity contribution is 6.18. The predicted octanol–water partition coefficient (Wildman–Crippen LogP) is 12.6. The molecule has 0 unspecified atom stereocenters. The highest BCUT2D eigenvalue weighted by Gasteiger charge is 2.21. The molecule has 3 nitrogen and oxygen atoms in total. The van der Waals surface area contributed by atoms with Crippen LogP contribution in [0.1, 0.15) is 0 Å². The normalized spacial score (nSPS) is 11.3. The molecule has 48 heavy (non-hydrogen) atoms. The molecule has 9 rings (SSSR count). The molecule has 2 heterocycles. The first-order valence-electron chi connectivity index (χ1n) is 16.2. The van der Waals surface area contributed by atoms with Crippen molar-refractivity contribution >= 4 is 49.9 Å². The first-order chi connectivity index (χ1) is 23.8. The number of fused-ring (bicyclic) bond motifs is 5. The predicted molar refractivity (Wildman–Crippen MR) is 200 cm³/mol. The maximum atomic E-state index is 6.42. The quantitative estimate of drug-likeness (QED) is 0.187. The van der Waals surface area contributed by atoms with Gasteiger partial charge < -0.3 is 9.32 Å². The lowest BCUT2D eigenvalue weighted by Gasteiger charge is -2.27. The van der Waals surface area contributed by atoms with E-state index in [0.717, 1.165) is 55.5 Å². The zero-order valence-electron chi connectivity index (χ0n) is 26.1. The van der Waals surface area contributed by atoms with Crippen LogP contribution in [0.15, 0.2) is 187 Å². The average Bonchev–Trinajstić information content (AvgIpc) is 3.55. The Morgan fingerprint density at radius 2 is 0.854 bits per heavy atom. The molecule has 0 amide bonds. The van der Waals surface area contributed by atoms with E-state index in [4.69, 9.17) is 9.40 Å². The Morgan fingerprint density at radius 1 is 0.396 bits per heavy atom. The number of pyridine rings is 1. The van der Waals surface area contributed by atoms with E-state index < -0.39 is 0 Å². The summed E-state index contributed by atoms with van der Waals surface area (Å²) in [4.78, 5) is 7.25. The summed E-state index contributed by atoms with van der Waals surface area (Å²) in [6.45, 7) is 0. The van der Waals surface area contributed by atoms with Gasteiger partial charge in [0.05, 0.1) is 11.2 Å². The van der Waals surface area contributed by atoms with E-state index in [0.29, 0.717) is 0 Å². The van der Waals surface area contributed by atoms with Crippen LogP contribution in [0.2, 0.25) is 0 Å². The number of aromatic nitrogens is 1. The molecule has 0 bridgehead atoms. The van der Waals surface area contributed by atoms with Crippen molar-refractivity contribution in [3.63, 3.8) is 0 Å². The summed E-state index contributed by atoms with van der Waals surface area (Å²) < 4.78 is 6.42. The Hall–Kier alpha value is -6.45. The molecular formula is C45H30N2O. The number of nitrogens with zero attached hydrogens (tertiary/aromatic N) is 2. The first-order valence-corrected chi connectivity index (χ1v) is 16.2. The van der Waals surface area contributed by atoms with E-state index in [1.54, 1.807) is 0 Å². The van der Waals surface area contributed by atoms with Crippen LogP contribution in [0.3, 0.4) is 0 Å². The highest BCUT2D eigenvalue weighted by atomic mass is 16.3. The Balaban J connectivity index is 1.19. The minimum Gasteiger partial charge on any atom is -0.455 e. The smallest absolute Gasteiger partial charge is 0.144 e. The fourth-order valence-electron chi connectivity index (χ4n) is 6.73. The molecule has 0 aliphatic carbocycles. The van der Waals surface area contributed by atoms with Crippen molar-refractivity contribution in [2.75, 3.05) is 4.90 Å². The van der Waals surface area contributed by atoms with E-state index in [9.17, 15) is 0 Å². The Morgan fingerprint density at radius 3 is 1.42 bits per heavy atom. The van der Waals surface area contributed by atoms with Crippen molar-refractivity contribution in [3.8, 4) is 33.4 Å². The zero-order valence-corrected chi connectivity index (χ0v) is 26.1. The summed E-state index contributed by atoms with van der Waals surface area (Å²) in [6.07, 6.45) is 1.86. The number of rotatable bonds is 6. The van der Waals surface area contributed by atoms with Crippen LogP contribution in [-0.2, 0) is 0 Å². The Labute approximate surface area is 279 Å². The summed E-state index contributed by atoms with van der Waals surface area (Å²) in [5, 5.41) is 3.15. The fourth-order valence-corrected chi connectivity index (χ4v) is 6.73. The summed E-state index contributed by atoms with van der Waals surface area (Å²) in [7, 11) is 0. The van der Waals surface area contributed by atoms with Crippen LogP contribution < -0.4 is 4.90 Å². The van der Waals surface area contributed by atoms with E-state index in [-0.39, 0.29) is 0 Å². The van der Waals surface area contributed by atoms with Crippen LogP contribution in [0.5, 0.6) is 0 Å². The van der Waals surface area contributed by atoms with Gasteiger partial charge in [-0.25, -0.2) is 0 Å². The van der Waals surface area contributed by atoms with E-state index in [1.165, 1.54) is 27.8 Å². The van der Waals surface area contributed by atoms with Crippen LogP contribution in [0.25, 0.3) is 66.2 Å². The van der Waals surface area contributed by atoms with E-state index in [1.807, 2.05) is 24.4 Å². The lowest BCUT2D eigenvalue weighted by molar-refractivity contribution is 0.672. The van der Waals surface area contributed by atoms with Gasteiger partial charge in [0.1, 0.15) is 11.2 Å². The molecule has 0 radical (unpaired) electrons. The molecule has 0 atom stereocenters. The van der Waals surface area contributed by atoms with Gasteiger partial charge in [-0.05, 0) is 81.9 Å². The molecule has 0 aliphatic rings. The van der Waals surface area contributed by atoms with Gasteiger partial charge in [0.25, 0.3) is 0 Å². The third-order valence-electron chi connectivity index (χ3n) is 9.13. The Kier molecular flexibility index (Phi) is 6.80. The molecule has 3 heteroatoms. The summed E-state index contributed by atoms with van der Waals surface area (Å²) in [6, 6.07) is 62.0. The molecule has 0 aliphatic heterocycles. The SMILES string of the molecule is c1ccc(-c2ccc(-c3ccc(N(c4ccc(-c5ccccc5)cc4)c4cc5c6ccccc6oc5c5cccnc45)cc3)cc2)cc1. The van der Waals surface area contributed by atoms with Gasteiger partial charge in [-0.15, -0.1) is 0 Å². The van der Waals surface area contributed by atoms with Crippen molar-refractivity contribution in [2.45, 2.75) is 0 Å². The molecule has 9 aromatic rings. The average molecular weight is 615 g/mol. The number of anilines is 3. The molecule has 226 valence electrons. The van der Waals surface area contributed by atoms with Crippen molar-refractivity contribution in [1.82, 2.24) is 4.98 Å². The van der Waals surface area contributed by atoms with Crippen molar-refractivity contribution in [2.24, 2.45) is 0 Å². The van der Waals surface area contributed by atoms with Crippen LogP contribution in [0, 0.1) is 0 Å². The number of para-hydroxylation sites is 1. The van der Waals surface area contributed by atoms with Crippen LogP contribution in [-0.4, -0.2) is 4.98 Å². The summed E-state index contributed by atoms with van der Waals surface area (Å²) >= 11 is 0. The van der Waals surface area contributed by atoms with E-state index >= 15 is 0 Å². The minimum absolute atomic E-state index is 0.858. The van der Waals surface area contributed by atoms with Gasteiger partial charge in [0.2, 0.25) is 0 Å². The van der Waals surface area contributed by atoms with Crippen molar-refractivity contribution < 1.29 is 4.42 Å². The third-order valence-corrected chi connectivity index (χ3v) is 9.13. The second-order valence-corrected chi connectivity index (χ2v) is 12.0. The van der Waals surface area contributed by atoms with Gasteiger partial charge >= 0.3 is 0 Å². The molecule has 2 aromatic heterocycles. The molecule has 0 saturated heterocycles. The van der Waals surface area contributed by atoms with Crippen molar-refractivity contribution in [1.29, 1.82) is 0 Å². The second kappa shape index (κ2) is 11.7. The number of hydrogen-bond donors (Lipinski definition) is 0. The number of furan rings is 1. The molecule has 7 aromatic carbocycles. The molecular weight excluding hydrogens is 585 g/mol. The molecule has 0 N–H and O–H groups in total. The monoisotopic (exact) mass is 614 g/mol. The van der Waals surface area contributed by atoms with Gasteiger partial charge in [-0.3, -0.25) is 4.98 Å². The van der Waals surface area contributed by atoms with Crippen LogP contribution in [0.4, 0.5) is 17.1 Å². The maximum absolute atomic E-state index is 6.42. The summed E-state index contributed by atoms with van der Waals surface area (Å²) in [5.41, 5.74) is 12.8. The minimum atomic E-state index is 0.858. The van der Waals surface area contributed by atoms with Crippen LogP contribution >= 0.6 is 0 Å². The fraction of sp³-hybridized carbons (Fsp3) is 0. The molecule has 0 fully saturated rings. The second-order valence-electron chi connectivity index (χ2n) is 12.0. The van der Waals surface area contributed by atoms with E-state index in [2.05, 4.69) is 163 Å². The summed E-state index contributed by atoms with van der Waals surface area (Å²) in [5.74, 6) is 0. The van der Waals surface area contributed by atoms with Crippen molar-refractivity contribution in [3.05, 3.63) is 182 Å². The molecule has 0 spiro atoms. The van der Waals surface area contributed by atoms with Gasteiger partial charge in [-0.2, -0.15) is 0 Å². The maximum Gasteiger partial charge on any atom is 0.144 e. The topological polar surface area (TPSA) is 29.3 Å². The largest absolute Gasteiger partial charge is 0.455 e. The first kappa shape index (κ1) is 27.8. The zero-order chi connectivity index (χ0) is 31.9.